The van der Waals surface area contributed by atoms with Crippen LogP contribution < -0.4 is 0 Å². The molecule has 3 nitrogen and oxygen atoms in total. The first-order valence-corrected chi connectivity index (χ1v) is 8.41. The van der Waals surface area contributed by atoms with Crippen LogP contribution in [-0.4, -0.2) is 46.6 Å². The Morgan fingerprint density at radius 1 is 1.25 bits per heavy atom. The lowest BCUT2D eigenvalue weighted by Gasteiger charge is -2.16. The lowest BCUT2D eigenvalue weighted by Crippen LogP contribution is -2.23. The van der Waals surface area contributed by atoms with Crippen LogP contribution in [-0.2, 0) is 11.2 Å². The van der Waals surface area contributed by atoms with Crippen molar-refractivity contribution in [3.8, 4) is 0 Å². The summed E-state index contributed by atoms with van der Waals surface area (Å²) in [6.07, 6.45) is 4.34. The third-order valence-electron chi connectivity index (χ3n) is 3.68. The molecule has 1 atom stereocenters. The third kappa shape index (κ3) is 5.17. The standard InChI is InChI=1S/C16H23NO2S/c18-16(19)15(13-14-7-2-1-3-8-14)20-12-6-11-17-9-4-5-10-17/h1-3,7-8,15H,4-6,9-13H2,(H,18,19). The Kier molecular flexibility index (Phi) is 6.40. The van der Waals surface area contributed by atoms with E-state index < -0.39 is 5.97 Å². The number of hydrogen-bond acceptors (Lipinski definition) is 3. The van der Waals surface area contributed by atoms with Gasteiger partial charge in [0.2, 0.25) is 0 Å². The minimum Gasteiger partial charge on any atom is -0.480 e. The highest BCUT2D eigenvalue weighted by atomic mass is 32.2. The van der Waals surface area contributed by atoms with Gasteiger partial charge in [0, 0.05) is 0 Å². The number of hydrogen-bond donors (Lipinski definition) is 1. The van der Waals surface area contributed by atoms with Crippen LogP contribution in [0.5, 0.6) is 0 Å². The van der Waals surface area contributed by atoms with Crippen LogP contribution >= 0.6 is 11.8 Å². The number of benzene rings is 1. The second-order valence-electron chi connectivity index (χ2n) is 5.29. The zero-order valence-corrected chi connectivity index (χ0v) is 12.6. The first kappa shape index (κ1) is 15.4. The summed E-state index contributed by atoms with van der Waals surface area (Å²) in [5.74, 6) is 0.236. The predicted octanol–water partition coefficient (Wildman–Crippen LogP) is 2.90. The summed E-state index contributed by atoms with van der Waals surface area (Å²) in [6.45, 7) is 3.55. The number of carboxylic acids is 1. The smallest absolute Gasteiger partial charge is 0.316 e. The Morgan fingerprint density at radius 3 is 2.60 bits per heavy atom. The van der Waals surface area contributed by atoms with Gasteiger partial charge < -0.3 is 10.0 Å². The number of carbonyl (C=O) groups is 1. The van der Waals surface area contributed by atoms with E-state index >= 15 is 0 Å². The molecule has 1 N–H and O–H groups in total. The summed E-state index contributed by atoms with van der Waals surface area (Å²) in [6, 6.07) is 9.89. The fourth-order valence-electron chi connectivity index (χ4n) is 2.57. The van der Waals surface area contributed by atoms with Gasteiger partial charge in [0.15, 0.2) is 0 Å². The summed E-state index contributed by atoms with van der Waals surface area (Å²) in [4.78, 5) is 13.8. The fraction of sp³-hybridized carbons (Fsp3) is 0.562. The molecule has 1 unspecified atom stereocenters. The topological polar surface area (TPSA) is 40.5 Å². The quantitative estimate of drug-likeness (QED) is 0.748. The molecule has 2 rings (SSSR count). The SMILES string of the molecule is O=C(O)C(Cc1ccccc1)SCCCN1CCCC1. The molecule has 1 aromatic rings. The molecular formula is C16H23NO2S. The largest absolute Gasteiger partial charge is 0.480 e. The first-order chi connectivity index (χ1) is 9.75. The van der Waals surface area contributed by atoms with Gasteiger partial charge in [0.1, 0.15) is 5.25 Å². The maximum absolute atomic E-state index is 11.3. The van der Waals surface area contributed by atoms with Crippen molar-refractivity contribution in [2.45, 2.75) is 30.9 Å². The second-order valence-corrected chi connectivity index (χ2v) is 6.60. The van der Waals surface area contributed by atoms with Crippen molar-refractivity contribution in [2.24, 2.45) is 0 Å². The van der Waals surface area contributed by atoms with E-state index in [-0.39, 0.29) is 5.25 Å². The molecule has 0 aliphatic carbocycles. The van der Waals surface area contributed by atoms with Crippen LogP contribution in [0, 0.1) is 0 Å². The molecule has 0 bridgehead atoms. The molecule has 0 aromatic heterocycles. The van der Waals surface area contributed by atoms with Crippen molar-refractivity contribution in [1.82, 2.24) is 4.90 Å². The average Bonchev–Trinajstić information content (AvgIpc) is 2.96. The summed E-state index contributed by atoms with van der Waals surface area (Å²) in [5, 5.41) is 8.99. The van der Waals surface area contributed by atoms with E-state index in [1.807, 2.05) is 30.3 Å². The van der Waals surface area contributed by atoms with E-state index in [0.29, 0.717) is 6.42 Å². The molecule has 0 spiro atoms. The summed E-state index contributed by atoms with van der Waals surface area (Å²) >= 11 is 1.58. The monoisotopic (exact) mass is 293 g/mol. The van der Waals surface area contributed by atoms with Crippen molar-refractivity contribution < 1.29 is 9.90 Å². The Morgan fingerprint density at radius 2 is 1.95 bits per heavy atom. The van der Waals surface area contributed by atoms with Gasteiger partial charge in [-0.25, -0.2) is 0 Å². The molecule has 0 saturated carbocycles. The van der Waals surface area contributed by atoms with Crippen LogP contribution in [0.1, 0.15) is 24.8 Å². The summed E-state index contributed by atoms with van der Waals surface area (Å²) in [7, 11) is 0. The number of thioether (sulfide) groups is 1. The lowest BCUT2D eigenvalue weighted by molar-refractivity contribution is -0.136. The van der Waals surface area contributed by atoms with Crippen molar-refractivity contribution in [1.29, 1.82) is 0 Å². The van der Waals surface area contributed by atoms with Gasteiger partial charge in [-0.05, 0) is 56.6 Å². The predicted molar refractivity (Wildman–Crippen MR) is 84.3 cm³/mol. The van der Waals surface area contributed by atoms with E-state index in [0.717, 1.165) is 24.3 Å². The maximum Gasteiger partial charge on any atom is 0.316 e. The first-order valence-electron chi connectivity index (χ1n) is 7.36. The van der Waals surface area contributed by atoms with Gasteiger partial charge in [-0.15, -0.1) is 11.8 Å². The number of rotatable bonds is 8. The van der Waals surface area contributed by atoms with Gasteiger partial charge >= 0.3 is 5.97 Å². The normalized spacial score (nSPS) is 17.2. The molecule has 1 aromatic carbocycles. The Balaban J connectivity index is 1.70. The van der Waals surface area contributed by atoms with E-state index in [4.69, 9.17) is 0 Å². The molecule has 1 aliphatic rings. The summed E-state index contributed by atoms with van der Waals surface area (Å²) < 4.78 is 0. The number of likely N-dealkylation sites (tertiary alicyclic amines) is 1. The minimum absolute atomic E-state index is 0.323. The van der Waals surface area contributed by atoms with Crippen LogP contribution in [0.25, 0.3) is 0 Å². The van der Waals surface area contributed by atoms with Crippen LogP contribution in [0.3, 0.4) is 0 Å². The maximum atomic E-state index is 11.3. The Labute approximate surface area is 125 Å². The molecule has 0 amide bonds. The Hall–Kier alpha value is -1.00. The van der Waals surface area contributed by atoms with E-state index in [9.17, 15) is 9.90 Å². The molecular weight excluding hydrogens is 270 g/mol. The highest BCUT2D eigenvalue weighted by Gasteiger charge is 2.18. The van der Waals surface area contributed by atoms with Crippen molar-refractivity contribution in [3.63, 3.8) is 0 Å². The van der Waals surface area contributed by atoms with Crippen LogP contribution in [0.4, 0.5) is 0 Å². The summed E-state index contributed by atoms with van der Waals surface area (Å²) in [5.41, 5.74) is 1.10. The van der Waals surface area contributed by atoms with E-state index in [2.05, 4.69) is 4.90 Å². The van der Waals surface area contributed by atoms with E-state index in [1.54, 1.807) is 11.8 Å². The molecule has 1 saturated heterocycles. The molecule has 110 valence electrons. The number of aliphatic carboxylic acids is 1. The highest BCUT2D eigenvalue weighted by Crippen LogP contribution is 2.18. The van der Waals surface area contributed by atoms with Gasteiger partial charge in [0.05, 0.1) is 0 Å². The highest BCUT2D eigenvalue weighted by molar-refractivity contribution is 8.00. The molecule has 1 heterocycles. The van der Waals surface area contributed by atoms with Gasteiger partial charge in [-0.2, -0.15) is 0 Å². The second kappa shape index (κ2) is 8.32. The van der Waals surface area contributed by atoms with Gasteiger partial charge in [-0.3, -0.25) is 4.79 Å². The Bertz CT molecular complexity index is 404. The van der Waals surface area contributed by atoms with Gasteiger partial charge in [0.25, 0.3) is 0 Å². The molecule has 1 fully saturated rings. The van der Waals surface area contributed by atoms with E-state index in [1.165, 1.54) is 25.9 Å². The molecule has 4 heteroatoms. The lowest BCUT2D eigenvalue weighted by atomic mass is 10.1. The zero-order valence-electron chi connectivity index (χ0n) is 11.8. The number of carboxylic acid groups (broad SMARTS) is 1. The minimum atomic E-state index is -0.694. The molecule has 1 aliphatic heterocycles. The van der Waals surface area contributed by atoms with Crippen molar-refractivity contribution in [3.05, 3.63) is 35.9 Å². The average molecular weight is 293 g/mol. The zero-order chi connectivity index (χ0) is 14.2. The van der Waals surface area contributed by atoms with Crippen LogP contribution in [0.2, 0.25) is 0 Å². The van der Waals surface area contributed by atoms with Gasteiger partial charge in [-0.1, -0.05) is 30.3 Å². The van der Waals surface area contributed by atoms with Crippen LogP contribution in [0.15, 0.2) is 30.3 Å². The molecule has 20 heavy (non-hydrogen) atoms. The fourth-order valence-corrected chi connectivity index (χ4v) is 3.60. The van der Waals surface area contributed by atoms with Crippen molar-refractivity contribution >= 4 is 17.7 Å². The number of nitrogens with zero attached hydrogens (tertiary/aromatic N) is 1. The third-order valence-corrected chi connectivity index (χ3v) is 4.97. The molecule has 0 radical (unpaired) electrons. The van der Waals surface area contributed by atoms with Crippen molar-refractivity contribution in [2.75, 3.05) is 25.4 Å².